The van der Waals surface area contributed by atoms with Gasteiger partial charge in [0.1, 0.15) is 35.3 Å². The number of piperidine rings is 1. The minimum atomic E-state index is -4.50. The van der Waals surface area contributed by atoms with Gasteiger partial charge in [0.2, 0.25) is 0 Å². The number of hydrogen-bond donors (Lipinski definition) is 2. The SMILES string of the molecule is CC(=O)O[C@H]1[C@H](c2ccc3c(N)ncnn23)O[C@](C)(CO[P@](=O)(N[C@@H](C)C(=O)OCC2CCN(CC(F)(F)F)CC2)Oc2ccccc2)[C@H]1OC(C)=O. The molecule has 5 rings (SSSR count). The monoisotopic (exact) mass is 770 g/mol. The smallest absolute Gasteiger partial charge is 0.459 e. The lowest BCUT2D eigenvalue weighted by molar-refractivity contribution is -0.169. The number of fused-ring (bicyclic) bond motifs is 1. The molecule has 3 N–H and O–H groups in total. The first kappa shape index (κ1) is 39.9. The molecule has 1 aromatic carbocycles. The van der Waals surface area contributed by atoms with E-state index >= 15 is 0 Å². The Morgan fingerprint density at radius 2 is 1.77 bits per heavy atom. The van der Waals surface area contributed by atoms with Crippen molar-refractivity contribution in [2.24, 2.45) is 5.92 Å². The Kier molecular flexibility index (Phi) is 12.3. The molecule has 20 heteroatoms. The van der Waals surface area contributed by atoms with E-state index in [1.165, 1.54) is 48.6 Å². The summed E-state index contributed by atoms with van der Waals surface area (Å²) in [5.74, 6) is -2.12. The predicted molar refractivity (Wildman–Crippen MR) is 180 cm³/mol. The lowest BCUT2D eigenvalue weighted by Crippen LogP contribution is -2.48. The van der Waals surface area contributed by atoms with E-state index in [4.69, 9.17) is 33.7 Å². The van der Waals surface area contributed by atoms with E-state index in [9.17, 15) is 32.1 Å². The van der Waals surface area contributed by atoms with Crippen LogP contribution in [0.25, 0.3) is 5.52 Å². The third kappa shape index (κ3) is 10.2. The van der Waals surface area contributed by atoms with Gasteiger partial charge in [0.15, 0.2) is 18.0 Å². The lowest BCUT2D eigenvalue weighted by atomic mass is 9.96. The summed E-state index contributed by atoms with van der Waals surface area (Å²) in [6, 6.07) is 9.99. The Morgan fingerprint density at radius 1 is 1.09 bits per heavy atom. The molecule has 0 amide bonds. The number of anilines is 1. The van der Waals surface area contributed by atoms with Crippen molar-refractivity contribution in [2.45, 2.75) is 76.7 Å². The van der Waals surface area contributed by atoms with E-state index in [1.54, 1.807) is 30.3 Å². The zero-order chi connectivity index (χ0) is 38.6. The number of nitrogens with one attached hydrogen (secondary N) is 1. The summed E-state index contributed by atoms with van der Waals surface area (Å²) in [7, 11) is -4.50. The number of nitrogens with two attached hydrogens (primary N) is 1. The molecule has 3 aromatic rings. The zero-order valence-electron chi connectivity index (χ0n) is 29.5. The molecule has 2 aromatic heterocycles. The fourth-order valence-corrected chi connectivity index (χ4v) is 7.84. The van der Waals surface area contributed by atoms with E-state index in [0.29, 0.717) is 24.1 Å². The lowest BCUT2D eigenvalue weighted by Gasteiger charge is -2.33. The maximum absolute atomic E-state index is 14.4. The highest BCUT2D eigenvalue weighted by Gasteiger charge is 2.58. The Morgan fingerprint density at radius 3 is 2.42 bits per heavy atom. The second kappa shape index (κ2) is 16.4. The van der Waals surface area contributed by atoms with Crippen LogP contribution in [0.2, 0.25) is 0 Å². The fraction of sp³-hybridized carbons (Fsp3) is 0.545. The van der Waals surface area contributed by atoms with Crippen molar-refractivity contribution in [2.75, 3.05) is 38.6 Å². The van der Waals surface area contributed by atoms with Gasteiger partial charge in [-0.2, -0.15) is 23.4 Å². The van der Waals surface area contributed by atoms with Crippen LogP contribution in [0.1, 0.15) is 52.3 Å². The normalized spacial score (nSPS) is 24.3. The van der Waals surface area contributed by atoms with Crippen molar-refractivity contribution in [1.29, 1.82) is 0 Å². The minimum absolute atomic E-state index is 0.0463. The summed E-state index contributed by atoms with van der Waals surface area (Å²) in [6.45, 7) is 4.00. The van der Waals surface area contributed by atoms with E-state index in [1.807, 2.05) is 0 Å². The maximum atomic E-state index is 14.4. The van der Waals surface area contributed by atoms with Crippen LogP contribution in [0, 0.1) is 5.92 Å². The number of para-hydroxylation sites is 1. The summed E-state index contributed by atoms with van der Waals surface area (Å²) >= 11 is 0. The van der Waals surface area contributed by atoms with Crippen LogP contribution in [-0.2, 0) is 42.4 Å². The number of carbonyl (C=O) groups excluding carboxylic acids is 3. The molecule has 0 spiro atoms. The average Bonchev–Trinajstić information content (AvgIpc) is 3.62. The Labute approximate surface area is 302 Å². The first-order valence-corrected chi connectivity index (χ1v) is 18.3. The van der Waals surface area contributed by atoms with Crippen LogP contribution in [0.15, 0.2) is 48.8 Å². The van der Waals surface area contributed by atoms with Gasteiger partial charge in [0, 0.05) is 13.8 Å². The number of nitrogens with zero attached hydrogens (tertiary/aromatic N) is 4. The molecule has 16 nitrogen and oxygen atoms in total. The molecule has 4 heterocycles. The molecule has 2 aliphatic heterocycles. The quantitative estimate of drug-likeness (QED) is 0.136. The molecular formula is C33H42F3N6O10P. The van der Waals surface area contributed by atoms with E-state index in [2.05, 4.69) is 15.2 Å². The summed E-state index contributed by atoms with van der Waals surface area (Å²) < 4.78 is 89.1. The Bertz CT molecular complexity index is 1810. The van der Waals surface area contributed by atoms with E-state index < -0.39 is 74.9 Å². The molecule has 0 saturated carbocycles. The van der Waals surface area contributed by atoms with Gasteiger partial charge in [0.25, 0.3) is 0 Å². The molecule has 0 radical (unpaired) electrons. The molecular weight excluding hydrogens is 728 g/mol. The van der Waals surface area contributed by atoms with Gasteiger partial charge in [-0.15, -0.1) is 0 Å². The molecule has 2 aliphatic rings. The van der Waals surface area contributed by atoms with Crippen molar-refractivity contribution < 1.29 is 60.1 Å². The van der Waals surface area contributed by atoms with Crippen LogP contribution < -0.4 is 15.3 Å². The first-order valence-electron chi connectivity index (χ1n) is 16.8. The number of benzene rings is 1. The van der Waals surface area contributed by atoms with Gasteiger partial charge in [-0.1, -0.05) is 18.2 Å². The second-order valence-corrected chi connectivity index (χ2v) is 14.8. The summed E-state index contributed by atoms with van der Waals surface area (Å²) in [4.78, 5) is 43.1. The number of likely N-dealkylation sites (tertiary alicyclic amines) is 1. The number of aromatic nitrogens is 3. The van der Waals surface area contributed by atoms with E-state index in [-0.39, 0.29) is 37.2 Å². The van der Waals surface area contributed by atoms with Crippen molar-refractivity contribution in [3.05, 3.63) is 54.5 Å². The number of carbonyl (C=O) groups is 3. The molecule has 0 bridgehead atoms. The van der Waals surface area contributed by atoms with Crippen LogP contribution >= 0.6 is 7.75 Å². The van der Waals surface area contributed by atoms with Crippen molar-refractivity contribution in [1.82, 2.24) is 24.6 Å². The van der Waals surface area contributed by atoms with Crippen molar-refractivity contribution >= 4 is 37.0 Å². The Balaban J connectivity index is 1.33. The number of nitrogen functional groups attached to an aromatic ring is 1. The highest BCUT2D eigenvalue weighted by atomic mass is 31.2. The molecule has 0 aliphatic carbocycles. The number of ether oxygens (including phenoxy) is 4. The van der Waals surface area contributed by atoms with E-state index in [0.717, 1.165) is 6.92 Å². The summed E-state index contributed by atoms with van der Waals surface area (Å²) in [5, 5.41) is 6.83. The predicted octanol–water partition coefficient (Wildman–Crippen LogP) is 4.00. The average molecular weight is 771 g/mol. The Hall–Kier alpha value is -4.29. The van der Waals surface area contributed by atoms with Gasteiger partial charge in [0.05, 0.1) is 25.5 Å². The molecule has 2 fully saturated rings. The van der Waals surface area contributed by atoms with Crippen LogP contribution in [0.4, 0.5) is 19.0 Å². The standard InChI is InChI=1S/C33H42F3N6O10P/c1-20(31(45)47-16-23-12-14-41(15-13-23)17-33(34,35)36)40-53(46,52-24-8-6-5-7-9-24)48-18-32(4)29(50-22(3)44)28(49-21(2)43)27(51-32)25-10-11-26-30(37)38-19-39-42(25)26/h5-11,19-20,23,27-29H,12-18H2,1-4H3,(H,40,46)(H2,37,38,39)/t20-,27-,28-,29-,32+,53+/m0/s1. The molecule has 53 heavy (non-hydrogen) atoms. The van der Waals surface area contributed by atoms with Crippen LogP contribution in [0.3, 0.4) is 0 Å². The second-order valence-electron chi connectivity index (χ2n) is 13.1. The highest BCUT2D eigenvalue weighted by Crippen LogP contribution is 2.50. The minimum Gasteiger partial charge on any atom is -0.464 e. The number of hydrogen-bond acceptors (Lipinski definition) is 14. The first-order chi connectivity index (χ1) is 24.9. The van der Waals surface area contributed by atoms with Gasteiger partial charge in [-0.25, -0.2) is 14.1 Å². The van der Waals surface area contributed by atoms with Crippen molar-refractivity contribution in [3.8, 4) is 5.75 Å². The largest absolute Gasteiger partial charge is 0.464 e. The summed E-state index contributed by atoms with van der Waals surface area (Å²) in [6.07, 6.45) is -5.92. The van der Waals surface area contributed by atoms with Gasteiger partial charge < -0.3 is 29.2 Å². The zero-order valence-corrected chi connectivity index (χ0v) is 30.4. The third-order valence-electron chi connectivity index (χ3n) is 8.76. The number of alkyl halides is 3. The van der Waals surface area contributed by atoms with Gasteiger partial charge >= 0.3 is 31.8 Å². The number of esters is 3. The van der Waals surface area contributed by atoms with Gasteiger partial charge in [-0.3, -0.25) is 23.8 Å². The highest BCUT2D eigenvalue weighted by molar-refractivity contribution is 7.52. The number of rotatable bonds is 14. The molecule has 2 saturated heterocycles. The molecule has 290 valence electrons. The number of halogens is 3. The van der Waals surface area contributed by atoms with Gasteiger partial charge in [-0.05, 0) is 70.0 Å². The summed E-state index contributed by atoms with van der Waals surface area (Å²) in [5.41, 5.74) is 5.17. The fourth-order valence-electron chi connectivity index (χ4n) is 6.25. The third-order valence-corrected chi connectivity index (χ3v) is 10.4. The topological polar surface area (TPSA) is 195 Å². The van der Waals surface area contributed by atoms with Crippen LogP contribution in [0.5, 0.6) is 5.75 Å². The van der Waals surface area contributed by atoms with Crippen LogP contribution in [-0.4, -0.2) is 100 Å². The molecule has 0 unspecified atom stereocenters. The maximum Gasteiger partial charge on any atom is 0.459 e. The van der Waals surface area contributed by atoms with Crippen molar-refractivity contribution in [3.63, 3.8) is 0 Å². The molecule has 6 atom stereocenters.